The molecule has 0 fully saturated rings. The Morgan fingerprint density at radius 1 is 1.50 bits per heavy atom. The van der Waals surface area contributed by atoms with Crippen molar-refractivity contribution in [2.24, 2.45) is 0 Å². The first-order valence-electron chi connectivity index (χ1n) is 6.04. The van der Waals surface area contributed by atoms with Gasteiger partial charge in [0.05, 0.1) is 24.3 Å². The number of nitrogens with zero attached hydrogens (tertiary/aromatic N) is 2. The second kappa shape index (κ2) is 5.59. The van der Waals surface area contributed by atoms with E-state index in [1.54, 1.807) is 17.1 Å². The maximum Gasteiger partial charge on any atom is 0.118 e. The summed E-state index contributed by atoms with van der Waals surface area (Å²) in [4.78, 5) is 0. The highest BCUT2D eigenvalue weighted by Gasteiger charge is 2.09. The van der Waals surface area contributed by atoms with E-state index in [0.29, 0.717) is 17.6 Å². The molecule has 0 aliphatic heterocycles. The number of aromatic nitrogens is 2. The van der Waals surface area contributed by atoms with Gasteiger partial charge in [-0.3, -0.25) is 4.68 Å². The lowest BCUT2D eigenvalue weighted by atomic mass is 10.2. The molecule has 0 aliphatic rings. The van der Waals surface area contributed by atoms with E-state index >= 15 is 0 Å². The smallest absolute Gasteiger partial charge is 0.118 e. The molecule has 2 rings (SSSR count). The molecule has 0 saturated heterocycles. The van der Waals surface area contributed by atoms with E-state index in [9.17, 15) is 0 Å². The minimum absolute atomic E-state index is 0.448. The van der Waals surface area contributed by atoms with E-state index in [1.165, 1.54) is 0 Å². The fourth-order valence-corrected chi connectivity index (χ4v) is 1.89. The summed E-state index contributed by atoms with van der Waals surface area (Å²) in [6, 6.07) is 2.52. The Bertz CT molecular complexity index is 516. The van der Waals surface area contributed by atoms with Crippen molar-refractivity contribution < 1.29 is 4.42 Å². The highest BCUT2D eigenvalue weighted by molar-refractivity contribution is 6.30. The van der Waals surface area contributed by atoms with Crippen molar-refractivity contribution in [2.45, 2.75) is 39.9 Å². The predicted octanol–water partition coefficient (Wildman–Crippen LogP) is 2.98. The van der Waals surface area contributed by atoms with Crippen LogP contribution in [0.3, 0.4) is 0 Å². The number of halogens is 1. The fraction of sp³-hybridized carbons (Fsp3) is 0.462. The van der Waals surface area contributed by atoms with Gasteiger partial charge in [-0.05, 0) is 13.0 Å². The zero-order valence-electron chi connectivity index (χ0n) is 10.9. The van der Waals surface area contributed by atoms with Crippen LogP contribution in [-0.4, -0.2) is 15.8 Å². The molecule has 5 heteroatoms. The number of aryl methyl sites for hydroxylation is 1. The molecule has 0 aromatic carbocycles. The molecule has 0 spiro atoms. The summed E-state index contributed by atoms with van der Waals surface area (Å²) in [6.45, 7) is 7.63. The molecule has 0 aliphatic carbocycles. The minimum atomic E-state index is 0.448. The summed E-state index contributed by atoms with van der Waals surface area (Å²) in [5.74, 6) is 1.89. The second-order valence-corrected chi connectivity index (χ2v) is 5.12. The molecule has 2 aromatic heterocycles. The summed E-state index contributed by atoms with van der Waals surface area (Å²) in [5, 5.41) is 8.15. The predicted molar refractivity (Wildman–Crippen MR) is 71.8 cm³/mol. The zero-order chi connectivity index (χ0) is 13.1. The Hall–Kier alpha value is -1.26. The number of furan rings is 1. The van der Waals surface area contributed by atoms with Gasteiger partial charge in [0.25, 0.3) is 0 Å². The van der Waals surface area contributed by atoms with Crippen LogP contribution in [0.15, 0.2) is 22.9 Å². The second-order valence-electron chi connectivity index (χ2n) is 4.69. The maximum absolute atomic E-state index is 5.84. The van der Waals surface area contributed by atoms with Crippen molar-refractivity contribution in [1.29, 1.82) is 0 Å². The van der Waals surface area contributed by atoms with Gasteiger partial charge < -0.3 is 9.73 Å². The Morgan fingerprint density at radius 3 is 2.89 bits per heavy atom. The molecule has 0 atom stereocenters. The lowest BCUT2D eigenvalue weighted by molar-refractivity contribution is 0.445. The van der Waals surface area contributed by atoms with Crippen LogP contribution < -0.4 is 5.32 Å². The molecule has 0 saturated carbocycles. The summed E-state index contributed by atoms with van der Waals surface area (Å²) < 4.78 is 7.51. The van der Waals surface area contributed by atoms with Gasteiger partial charge in [-0.25, -0.2) is 0 Å². The van der Waals surface area contributed by atoms with Crippen LogP contribution in [0, 0.1) is 6.92 Å². The molecule has 1 N–H and O–H groups in total. The largest absolute Gasteiger partial charge is 0.465 e. The number of hydrogen-bond donors (Lipinski definition) is 1. The van der Waals surface area contributed by atoms with Crippen LogP contribution in [0.2, 0.25) is 5.02 Å². The fourth-order valence-electron chi connectivity index (χ4n) is 1.74. The van der Waals surface area contributed by atoms with Gasteiger partial charge in [0.2, 0.25) is 0 Å². The van der Waals surface area contributed by atoms with E-state index in [0.717, 1.165) is 23.6 Å². The Kier molecular flexibility index (Phi) is 4.09. The Labute approximate surface area is 112 Å². The van der Waals surface area contributed by atoms with E-state index in [4.69, 9.17) is 16.0 Å². The van der Waals surface area contributed by atoms with Crippen LogP contribution in [0.1, 0.15) is 30.9 Å². The number of rotatable bonds is 5. The summed E-state index contributed by atoms with van der Waals surface area (Å²) in [6.07, 6.45) is 3.44. The summed E-state index contributed by atoms with van der Waals surface area (Å²) >= 11 is 5.84. The molecule has 0 radical (unpaired) electrons. The molecule has 98 valence electrons. The normalized spacial score (nSPS) is 11.4. The minimum Gasteiger partial charge on any atom is -0.465 e. The quantitative estimate of drug-likeness (QED) is 0.906. The van der Waals surface area contributed by atoms with Gasteiger partial charge in [-0.1, -0.05) is 25.4 Å². The van der Waals surface area contributed by atoms with Gasteiger partial charge in [0.15, 0.2) is 0 Å². The van der Waals surface area contributed by atoms with E-state index in [1.807, 2.05) is 6.92 Å². The molecule has 2 aromatic rings. The van der Waals surface area contributed by atoms with Crippen LogP contribution in [0.4, 0.5) is 0 Å². The lowest BCUT2D eigenvalue weighted by Gasteiger charge is -2.04. The standard InChI is InChI=1S/C13H18ClN3O/c1-9(2)15-6-13-4-11(10(3)18-13)7-17-8-12(14)5-16-17/h4-5,8-9,15H,6-7H2,1-3H3. The van der Waals surface area contributed by atoms with Crippen molar-refractivity contribution in [3.63, 3.8) is 0 Å². The Balaban J connectivity index is 2.04. The van der Waals surface area contributed by atoms with Gasteiger partial charge in [0, 0.05) is 17.8 Å². The van der Waals surface area contributed by atoms with Crippen molar-refractivity contribution >= 4 is 11.6 Å². The highest BCUT2D eigenvalue weighted by Crippen LogP contribution is 2.16. The van der Waals surface area contributed by atoms with Crippen LogP contribution >= 0.6 is 11.6 Å². The average molecular weight is 268 g/mol. The zero-order valence-corrected chi connectivity index (χ0v) is 11.7. The van der Waals surface area contributed by atoms with Gasteiger partial charge in [-0.15, -0.1) is 0 Å². The van der Waals surface area contributed by atoms with E-state index < -0.39 is 0 Å². The molecule has 4 nitrogen and oxygen atoms in total. The summed E-state index contributed by atoms with van der Waals surface area (Å²) in [7, 11) is 0. The number of nitrogens with one attached hydrogen (secondary N) is 1. The molecular formula is C13H18ClN3O. The van der Waals surface area contributed by atoms with Crippen LogP contribution in [0.5, 0.6) is 0 Å². The third kappa shape index (κ3) is 3.37. The Morgan fingerprint density at radius 2 is 2.28 bits per heavy atom. The number of hydrogen-bond acceptors (Lipinski definition) is 3. The molecule has 0 unspecified atom stereocenters. The van der Waals surface area contributed by atoms with Gasteiger partial charge >= 0.3 is 0 Å². The van der Waals surface area contributed by atoms with Gasteiger partial charge in [-0.2, -0.15) is 5.10 Å². The van der Waals surface area contributed by atoms with Crippen molar-refractivity contribution in [3.05, 3.63) is 40.6 Å². The SMILES string of the molecule is Cc1oc(CNC(C)C)cc1Cn1cc(Cl)cn1. The van der Waals surface area contributed by atoms with Crippen molar-refractivity contribution in [1.82, 2.24) is 15.1 Å². The van der Waals surface area contributed by atoms with Crippen LogP contribution in [0.25, 0.3) is 0 Å². The first-order valence-corrected chi connectivity index (χ1v) is 6.42. The molecular weight excluding hydrogens is 250 g/mol. The third-order valence-corrected chi connectivity index (χ3v) is 2.89. The summed E-state index contributed by atoms with van der Waals surface area (Å²) in [5.41, 5.74) is 1.13. The molecule has 0 amide bonds. The lowest BCUT2D eigenvalue weighted by Crippen LogP contribution is -2.21. The molecule has 18 heavy (non-hydrogen) atoms. The monoisotopic (exact) mass is 267 g/mol. The maximum atomic E-state index is 5.84. The molecule has 0 bridgehead atoms. The first kappa shape index (κ1) is 13.2. The van der Waals surface area contributed by atoms with E-state index in [-0.39, 0.29) is 0 Å². The third-order valence-electron chi connectivity index (χ3n) is 2.69. The average Bonchev–Trinajstić information content (AvgIpc) is 2.84. The van der Waals surface area contributed by atoms with Gasteiger partial charge in [0.1, 0.15) is 11.5 Å². The highest BCUT2D eigenvalue weighted by atomic mass is 35.5. The van der Waals surface area contributed by atoms with Crippen molar-refractivity contribution in [3.8, 4) is 0 Å². The first-order chi connectivity index (χ1) is 8.54. The molecule has 2 heterocycles. The van der Waals surface area contributed by atoms with Crippen LogP contribution in [-0.2, 0) is 13.1 Å². The topological polar surface area (TPSA) is 43.0 Å². The van der Waals surface area contributed by atoms with Crippen molar-refractivity contribution in [2.75, 3.05) is 0 Å². The van der Waals surface area contributed by atoms with E-state index in [2.05, 4.69) is 30.3 Å².